The highest BCUT2D eigenvalue weighted by Gasteiger charge is 2.31. The molecule has 164 valence electrons. The maximum absolute atomic E-state index is 12.6. The molecule has 1 heterocycles. The summed E-state index contributed by atoms with van der Waals surface area (Å²) in [6, 6.07) is 10.8. The second kappa shape index (κ2) is 11.2. The number of nitrogens with zero attached hydrogens (tertiary/aromatic N) is 1. The van der Waals surface area contributed by atoms with E-state index in [9.17, 15) is 4.79 Å². The first-order valence-corrected chi connectivity index (χ1v) is 11.5. The van der Waals surface area contributed by atoms with Crippen molar-refractivity contribution in [2.75, 3.05) is 26.9 Å². The van der Waals surface area contributed by atoms with Crippen molar-refractivity contribution in [3.05, 3.63) is 62.5 Å². The monoisotopic (exact) mass is 497 g/mol. The minimum atomic E-state index is -0.122. The third kappa shape index (κ3) is 6.14. The quantitative estimate of drug-likeness (QED) is 0.321. The van der Waals surface area contributed by atoms with E-state index in [0.717, 1.165) is 11.1 Å². The van der Waals surface area contributed by atoms with Gasteiger partial charge in [0.05, 0.1) is 24.7 Å². The molecule has 1 aliphatic heterocycles. The Hall–Kier alpha value is -1.77. The van der Waals surface area contributed by atoms with Crippen molar-refractivity contribution in [2.24, 2.45) is 0 Å². The number of rotatable bonds is 9. The van der Waals surface area contributed by atoms with Crippen molar-refractivity contribution >= 4 is 63.5 Å². The summed E-state index contributed by atoms with van der Waals surface area (Å²) in [5.74, 6) is 1.04. The van der Waals surface area contributed by atoms with Crippen molar-refractivity contribution in [1.82, 2.24) is 4.90 Å². The van der Waals surface area contributed by atoms with Crippen molar-refractivity contribution in [3.63, 3.8) is 0 Å². The maximum Gasteiger partial charge on any atom is 0.266 e. The molecular formula is C22H21Cl2NO4S2. The Balaban J connectivity index is 1.77. The summed E-state index contributed by atoms with van der Waals surface area (Å²) in [7, 11) is 1.59. The minimum absolute atomic E-state index is 0.122. The van der Waals surface area contributed by atoms with E-state index in [2.05, 4.69) is 0 Å². The maximum atomic E-state index is 12.6. The first-order valence-electron chi connectivity index (χ1n) is 9.50. The molecule has 3 rings (SSSR count). The summed E-state index contributed by atoms with van der Waals surface area (Å²) in [6.45, 7) is 3.50. The number of benzene rings is 2. The van der Waals surface area contributed by atoms with Crippen LogP contribution in [0.1, 0.15) is 18.1 Å². The predicted molar refractivity (Wildman–Crippen MR) is 130 cm³/mol. The van der Waals surface area contributed by atoms with E-state index in [4.69, 9.17) is 49.6 Å². The molecule has 1 saturated heterocycles. The Morgan fingerprint density at radius 1 is 1.13 bits per heavy atom. The van der Waals surface area contributed by atoms with Crippen LogP contribution in [0.4, 0.5) is 0 Å². The number of thioether (sulfide) groups is 1. The van der Waals surface area contributed by atoms with Crippen LogP contribution >= 0.6 is 47.2 Å². The van der Waals surface area contributed by atoms with Gasteiger partial charge >= 0.3 is 0 Å². The van der Waals surface area contributed by atoms with Gasteiger partial charge in [-0.05, 0) is 42.8 Å². The topological polar surface area (TPSA) is 48.0 Å². The van der Waals surface area contributed by atoms with Gasteiger partial charge in [-0.2, -0.15) is 0 Å². The van der Waals surface area contributed by atoms with Crippen molar-refractivity contribution in [3.8, 4) is 11.5 Å². The van der Waals surface area contributed by atoms with Gasteiger partial charge in [0, 0.05) is 22.7 Å². The van der Waals surface area contributed by atoms with Crippen LogP contribution in [0, 0.1) is 0 Å². The molecule has 0 spiro atoms. The normalized spacial score (nSPS) is 15.1. The van der Waals surface area contributed by atoms with Gasteiger partial charge in [-0.25, -0.2) is 0 Å². The molecule has 9 heteroatoms. The number of carbonyl (C=O) groups is 1. The molecule has 1 aliphatic rings. The highest BCUT2D eigenvalue weighted by Crippen LogP contribution is 2.35. The molecule has 2 aromatic carbocycles. The number of amides is 1. The Morgan fingerprint density at radius 2 is 1.94 bits per heavy atom. The highest BCUT2D eigenvalue weighted by molar-refractivity contribution is 8.26. The first kappa shape index (κ1) is 23.9. The zero-order valence-corrected chi connectivity index (χ0v) is 20.2. The third-order valence-electron chi connectivity index (χ3n) is 4.36. The molecule has 0 bridgehead atoms. The fraction of sp³-hybridized carbons (Fsp3) is 0.273. The van der Waals surface area contributed by atoms with Gasteiger partial charge in [0.15, 0.2) is 11.5 Å². The van der Waals surface area contributed by atoms with E-state index in [0.29, 0.717) is 50.5 Å². The molecular weight excluding hydrogens is 477 g/mol. The number of thiocarbonyl (C=S) groups is 1. The molecule has 1 fully saturated rings. The van der Waals surface area contributed by atoms with Gasteiger partial charge < -0.3 is 14.2 Å². The van der Waals surface area contributed by atoms with E-state index < -0.39 is 0 Å². The van der Waals surface area contributed by atoms with Crippen molar-refractivity contribution in [2.45, 2.75) is 13.5 Å². The van der Waals surface area contributed by atoms with Crippen LogP contribution < -0.4 is 9.47 Å². The van der Waals surface area contributed by atoms with E-state index >= 15 is 0 Å². The summed E-state index contributed by atoms with van der Waals surface area (Å²) >= 11 is 18.8. The predicted octanol–water partition coefficient (Wildman–Crippen LogP) is 5.82. The number of carbonyl (C=O) groups excluding carboxylic acids is 1. The van der Waals surface area contributed by atoms with E-state index in [1.54, 1.807) is 30.2 Å². The number of ether oxygens (including phenoxy) is 3. The number of methoxy groups -OCH3 is 1. The second-order valence-electron chi connectivity index (χ2n) is 6.49. The average molecular weight is 498 g/mol. The molecule has 0 aromatic heterocycles. The molecule has 2 aromatic rings. The SMILES string of the molecule is CCOc1cc(/C=C2/SC(=S)N(CCOC)C2=O)ccc1OCc1ccc(Cl)cc1Cl. The van der Waals surface area contributed by atoms with Gasteiger partial charge in [-0.3, -0.25) is 9.69 Å². The standard InChI is InChI=1S/C22H21Cl2NO4S2/c1-3-28-19-10-14(11-20-21(26)25(8-9-27-2)22(30)31-20)4-7-18(19)29-13-15-5-6-16(23)12-17(15)24/h4-7,10-12H,3,8-9,13H2,1-2H3/b20-11+. The lowest BCUT2D eigenvalue weighted by atomic mass is 10.1. The molecule has 0 N–H and O–H groups in total. The smallest absolute Gasteiger partial charge is 0.266 e. The van der Waals surface area contributed by atoms with Crippen molar-refractivity contribution < 1.29 is 19.0 Å². The molecule has 0 radical (unpaired) electrons. The van der Waals surface area contributed by atoms with Crippen LogP contribution in [0.5, 0.6) is 11.5 Å². The molecule has 0 saturated carbocycles. The Morgan fingerprint density at radius 3 is 2.65 bits per heavy atom. The molecule has 5 nitrogen and oxygen atoms in total. The first-order chi connectivity index (χ1) is 14.9. The summed E-state index contributed by atoms with van der Waals surface area (Å²) < 4.78 is 17.3. The molecule has 1 amide bonds. The zero-order chi connectivity index (χ0) is 22.4. The van der Waals surface area contributed by atoms with Crippen LogP contribution in [0.25, 0.3) is 6.08 Å². The Kier molecular flexibility index (Phi) is 8.63. The van der Waals surface area contributed by atoms with Crippen LogP contribution in [0.3, 0.4) is 0 Å². The molecule has 0 atom stereocenters. The lowest BCUT2D eigenvalue weighted by Gasteiger charge is -2.14. The Labute approximate surface area is 201 Å². The highest BCUT2D eigenvalue weighted by atomic mass is 35.5. The Bertz CT molecular complexity index is 1010. The van der Waals surface area contributed by atoms with Crippen LogP contribution in [-0.2, 0) is 16.1 Å². The largest absolute Gasteiger partial charge is 0.490 e. The van der Waals surface area contributed by atoms with E-state index in [1.165, 1.54) is 11.8 Å². The summed E-state index contributed by atoms with van der Waals surface area (Å²) in [6.07, 6.45) is 1.80. The van der Waals surface area contributed by atoms with Gasteiger partial charge in [-0.1, -0.05) is 59.3 Å². The van der Waals surface area contributed by atoms with E-state index in [1.807, 2.05) is 31.2 Å². The average Bonchev–Trinajstić information content (AvgIpc) is 2.99. The van der Waals surface area contributed by atoms with Gasteiger partial charge in [0.1, 0.15) is 10.9 Å². The lowest BCUT2D eigenvalue weighted by Crippen LogP contribution is -2.31. The van der Waals surface area contributed by atoms with Gasteiger partial charge in [0.2, 0.25) is 0 Å². The number of hydrogen-bond acceptors (Lipinski definition) is 6. The zero-order valence-electron chi connectivity index (χ0n) is 17.0. The van der Waals surface area contributed by atoms with E-state index in [-0.39, 0.29) is 12.5 Å². The summed E-state index contributed by atoms with van der Waals surface area (Å²) in [4.78, 5) is 14.7. The van der Waals surface area contributed by atoms with Gasteiger partial charge in [0.25, 0.3) is 5.91 Å². The molecule has 0 unspecified atom stereocenters. The minimum Gasteiger partial charge on any atom is -0.490 e. The lowest BCUT2D eigenvalue weighted by molar-refractivity contribution is -0.122. The third-order valence-corrected chi connectivity index (χ3v) is 6.32. The van der Waals surface area contributed by atoms with Crippen molar-refractivity contribution in [1.29, 1.82) is 0 Å². The van der Waals surface area contributed by atoms with Crippen LogP contribution in [-0.4, -0.2) is 42.0 Å². The van der Waals surface area contributed by atoms with Crippen LogP contribution in [0.15, 0.2) is 41.3 Å². The number of halogens is 2. The number of hydrogen-bond donors (Lipinski definition) is 0. The summed E-state index contributed by atoms with van der Waals surface area (Å²) in [5, 5.41) is 1.11. The van der Waals surface area contributed by atoms with Gasteiger partial charge in [-0.15, -0.1) is 0 Å². The molecule has 31 heavy (non-hydrogen) atoms. The van der Waals surface area contributed by atoms with Crippen LogP contribution in [0.2, 0.25) is 10.0 Å². The fourth-order valence-electron chi connectivity index (χ4n) is 2.82. The summed E-state index contributed by atoms with van der Waals surface area (Å²) in [5.41, 5.74) is 1.63. The molecule has 0 aliphatic carbocycles. The fourth-order valence-corrected chi connectivity index (χ4v) is 4.59. The second-order valence-corrected chi connectivity index (χ2v) is 9.01.